The normalized spacial score (nSPS) is 11.1. The molecule has 0 aliphatic heterocycles. The van der Waals surface area contributed by atoms with Crippen LogP contribution >= 0.6 is 15.9 Å². The van der Waals surface area contributed by atoms with Gasteiger partial charge in [-0.25, -0.2) is 0 Å². The van der Waals surface area contributed by atoms with Crippen LogP contribution in [0.3, 0.4) is 0 Å². The van der Waals surface area contributed by atoms with Crippen molar-refractivity contribution in [2.24, 2.45) is 0 Å². The van der Waals surface area contributed by atoms with Gasteiger partial charge < -0.3 is 10.2 Å². The molecule has 1 aromatic rings. The van der Waals surface area contributed by atoms with E-state index in [4.69, 9.17) is 5.11 Å². The van der Waals surface area contributed by atoms with E-state index < -0.39 is 0 Å². The first-order valence-corrected chi connectivity index (χ1v) is 5.33. The molecule has 0 atom stereocenters. The Kier molecular flexibility index (Phi) is 4.10. The second-order valence-electron chi connectivity index (χ2n) is 2.85. The summed E-state index contributed by atoms with van der Waals surface area (Å²) in [5, 5.41) is 19.4. The zero-order valence-corrected chi connectivity index (χ0v) is 9.45. The molecule has 0 bridgehead atoms. The van der Waals surface area contributed by atoms with Crippen molar-refractivity contribution in [3.05, 3.63) is 29.1 Å². The Balaban J connectivity index is 3.21. The summed E-state index contributed by atoms with van der Waals surface area (Å²) in [6, 6.07) is 0. The number of aromatic hydroxyl groups is 1. The summed E-state index contributed by atoms with van der Waals surface area (Å²) in [4.78, 5) is 3.96. The van der Waals surface area contributed by atoms with Crippen LogP contribution in [0.25, 0.3) is 6.08 Å². The van der Waals surface area contributed by atoms with Crippen molar-refractivity contribution < 1.29 is 10.2 Å². The molecule has 0 saturated carbocycles. The number of nitrogens with zero attached hydrogens (tertiary/aromatic N) is 1. The van der Waals surface area contributed by atoms with Gasteiger partial charge >= 0.3 is 0 Å². The third-order valence-electron chi connectivity index (χ3n) is 1.90. The van der Waals surface area contributed by atoms with Crippen LogP contribution in [0.15, 0.2) is 12.3 Å². The van der Waals surface area contributed by atoms with Crippen molar-refractivity contribution in [2.45, 2.75) is 13.5 Å². The van der Waals surface area contributed by atoms with Crippen LogP contribution in [0, 0.1) is 6.92 Å². The van der Waals surface area contributed by atoms with E-state index in [9.17, 15) is 5.11 Å². The standard InChI is InChI=1S/C10H12BrNO2/c1-7-10(14)9(3-2-4-11)8(6-13)5-12-7/h2-3,5,13-14H,4,6H2,1H3. The second-order valence-corrected chi connectivity index (χ2v) is 3.49. The Morgan fingerprint density at radius 2 is 2.29 bits per heavy atom. The van der Waals surface area contributed by atoms with Crippen molar-refractivity contribution >= 4 is 22.0 Å². The van der Waals surface area contributed by atoms with Crippen molar-refractivity contribution in [1.29, 1.82) is 0 Å². The van der Waals surface area contributed by atoms with Gasteiger partial charge in [-0.1, -0.05) is 28.1 Å². The number of allylic oxidation sites excluding steroid dienone is 1. The highest BCUT2D eigenvalue weighted by Gasteiger charge is 2.07. The van der Waals surface area contributed by atoms with E-state index in [1.807, 2.05) is 6.08 Å². The minimum absolute atomic E-state index is 0.122. The fourth-order valence-electron chi connectivity index (χ4n) is 1.13. The quantitative estimate of drug-likeness (QED) is 0.815. The molecule has 0 amide bonds. The SMILES string of the molecule is Cc1ncc(CO)c(C=CCBr)c1O. The van der Waals surface area contributed by atoms with Gasteiger partial charge in [-0.3, -0.25) is 4.98 Å². The molecule has 0 fully saturated rings. The highest BCUT2D eigenvalue weighted by molar-refractivity contribution is 9.09. The smallest absolute Gasteiger partial charge is 0.144 e. The molecule has 0 aromatic carbocycles. The van der Waals surface area contributed by atoms with E-state index in [0.717, 1.165) is 0 Å². The molecular weight excluding hydrogens is 246 g/mol. The van der Waals surface area contributed by atoms with Crippen LogP contribution in [-0.4, -0.2) is 20.5 Å². The number of alkyl halides is 1. The molecular formula is C10H12BrNO2. The number of rotatable bonds is 3. The Bertz CT molecular complexity index is 350. The predicted octanol–water partition coefficient (Wildman–Crippen LogP) is 2.00. The molecule has 0 unspecified atom stereocenters. The van der Waals surface area contributed by atoms with Crippen molar-refractivity contribution in [2.75, 3.05) is 5.33 Å². The summed E-state index contributed by atoms with van der Waals surface area (Å²) in [6.45, 7) is 1.60. The highest BCUT2D eigenvalue weighted by Crippen LogP contribution is 2.25. The van der Waals surface area contributed by atoms with Crippen molar-refractivity contribution in [3.63, 3.8) is 0 Å². The summed E-state index contributed by atoms with van der Waals surface area (Å²) in [5.41, 5.74) is 1.83. The summed E-state index contributed by atoms with van der Waals surface area (Å²) in [5.74, 6) is 0.133. The lowest BCUT2D eigenvalue weighted by atomic mass is 10.1. The fourth-order valence-corrected chi connectivity index (χ4v) is 1.31. The van der Waals surface area contributed by atoms with Gasteiger partial charge in [-0.2, -0.15) is 0 Å². The van der Waals surface area contributed by atoms with Crippen LogP contribution in [-0.2, 0) is 6.61 Å². The molecule has 4 heteroatoms. The summed E-state index contributed by atoms with van der Waals surface area (Å²) < 4.78 is 0. The zero-order valence-electron chi connectivity index (χ0n) is 7.87. The summed E-state index contributed by atoms with van der Waals surface area (Å²) in [7, 11) is 0. The molecule has 1 aromatic heterocycles. The number of halogens is 1. The first-order chi connectivity index (χ1) is 6.70. The number of aromatic nitrogens is 1. The number of hydrogen-bond acceptors (Lipinski definition) is 3. The zero-order chi connectivity index (χ0) is 10.6. The van der Waals surface area contributed by atoms with Crippen LogP contribution < -0.4 is 0 Å². The predicted molar refractivity (Wildman–Crippen MR) is 59.4 cm³/mol. The van der Waals surface area contributed by atoms with Crippen LogP contribution in [0.2, 0.25) is 0 Å². The maximum Gasteiger partial charge on any atom is 0.144 e. The summed E-state index contributed by atoms with van der Waals surface area (Å²) >= 11 is 3.25. The fraction of sp³-hybridized carbons (Fsp3) is 0.300. The number of pyridine rings is 1. The second kappa shape index (κ2) is 5.12. The Morgan fingerprint density at radius 1 is 1.57 bits per heavy atom. The molecule has 14 heavy (non-hydrogen) atoms. The lowest BCUT2D eigenvalue weighted by Crippen LogP contribution is -1.94. The van der Waals surface area contributed by atoms with E-state index >= 15 is 0 Å². The first-order valence-electron chi connectivity index (χ1n) is 4.21. The molecule has 76 valence electrons. The van der Waals surface area contributed by atoms with Gasteiger partial charge in [0.05, 0.1) is 12.3 Å². The van der Waals surface area contributed by atoms with Gasteiger partial charge in [0.2, 0.25) is 0 Å². The van der Waals surface area contributed by atoms with Crippen LogP contribution in [0.4, 0.5) is 0 Å². The maximum absolute atomic E-state index is 9.70. The summed E-state index contributed by atoms with van der Waals surface area (Å²) in [6.07, 6.45) is 5.20. The van der Waals surface area contributed by atoms with E-state index in [1.54, 1.807) is 19.2 Å². The van der Waals surface area contributed by atoms with Crippen LogP contribution in [0.1, 0.15) is 16.8 Å². The van der Waals surface area contributed by atoms with E-state index in [-0.39, 0.29) is 12.4 Å². The molecule has 0 aliphatic rings. The van der Waals surface area contributed by atoms with E-state index in [2.05, 4.69) is 20.9 Å². The van der Waals surface area contributed by atoms with Gasteiger partial charge in [0.1, 0.15) is 5.75 Å². The molecule has 1 rings (SSSR count). The van der Waals surface area contributed by atoms with Crippen molar-refractivity contribution in [3.8, 4) is 5.75 Å². The Morgan fingerprint density at radius 3 is 2.86 bits per heavy atom. The average molecular weight is 258 g/mol. The van der Waals surface area contributed by atoms with Gasteiger partial charge in [0, 0.05) is 22.7 Å². The maximum atomic E-state index is 9.70. The highest BCUT2D eigenvalue weighted by atomic mass is 79.9. The van der Waals surface area contributed by atoms with Crippen LogP contribution in [0.5, 0.6) is 5.75 Å². The first kappa shape index (κ1) is 11.2. The number of aliphatic hydroxyl groups is 1. The molecule has 0 radical (unpaired) electrons. The lowest BCUT2D eigenvalue weighted by molar-refractivity contribution is 0.280. The average Bonchev–Trinajstić information content (AvgIpc) is 2.20. The molecule has 1 heterocycles. The molecule has 0 spiro atoms. The lowest BCUT2D eigenvalue weighted by Gasteiger charge is -2.06. The third kappa shape index (κ3) is 2.33. The number of aryl methyl sites for hydroxylation is 1. The Labute approximate surface area is 91.2 Å². The Hall–Kier alpha value is -0.870. The van der Waals surface area contributed by atoms with Gasteiger partial charge in [0.15, 0.2) is 0 Å². The van der Waals surface area contributed by atoms with E-state index in [0.29, 0.717) is 22.2 Å². The molecule has 2 N–H and O–H groups in total. The minimum atomic E-state index is -0.122. The van der Waals surface area contributed by atoms with Gasteiger partial charge in [-0.05, 0) is 6.92 Å². The molecule has 0 saturated heterocycles. The number of aliphatic hydroxyl groups excluding tert-OH is 1. The topological polar surface area (TPSA) is 53.4 Å². The largest absolute Gasteiger partial charge is 0.505 e. The van der Waals surface area contributed by atoms with E-state index in [1.165, 1.54) is 0 Å². The molecule has 0 aliphatic carbocycles. The molecule has 3 nitrogen and oxygen atoms in total. The van der Waals surface area contributed by atoms with Gasteiger partial charge in [-0.15, -0.1) is 0 Å². The number of hydrogen-bond donors (Lipinski definition) is 2. The monoisotopic (exact) mass is 257 g/mol. The van der Waals surface area contributed by atoms with Gasteiger partial charge in [0.25, 0.3) is 0 Å². The van der Waals surface area contributed by atoms with Crippen molar-refractivity contribution in [1.82, 2.24) is 4.98 Å². The minimum Gasteiger partial charge on any atom is -0.505 e. The third-order valence-corrected chi connectivity index (χ3v) is 2.28.